The number of hydrogen-bond donors (Lipinski definition) is 5. The minimum Gasteiger partial charge on any atom is -0.611 e. The molecule has 0 radical (unpaired) electrons. The van der Waals surface area contributed by atoms with Crippen molar-refractivity contribution in [2.75, 3.05) is 18.8 Å². The van der Waals surface area contributed by atoms with E-state index in [1.165, 1.54) is 0 Å². The molecule has 2 aromatic heterocycles. The molecule has 0 amide bonds. The van der Waals surface area contributed by atoms with Gasteiger partial charge in [0.25, 0.3) is 0 Å². The average Bonchev–Trinajstić information content (AvgIpc) is 3.46. The van der Waals surface area contributed by atoms with E-state index in [-0.39, 0.29) is 32.4 Å². The number of sulfonamides is 1. The van der Waals surface area contributed by atoms with Gasteiger partial charge in [0.05, 0.1) is 16.6 Å². The Labute approximate surface area is 191 Å². The molecule has 1 aliphatic rings. The lowest BCUT2D eigenvalue weighted by Gasteiger charge is -2.27. The molecule has 3 heterocycles. The van der Waals surface area contributed by atoms with Crippen molar-refractivity contribution in [3.63, 3.8) is 0 Å². The normalized spacial score (nSPS) is 16.3. The predicted molar refractivity (Wildman–Crippen MR) is 123 cm³/mol. The largest absolute Gasteiger partial charge is 0.611 e. The number of nitrogens with one attached hydrogen (secondary N) is 3. The zero-order chi connectivity index (χ0) is 23.2. The lowest BCUT2D eigenvalue weighted by molar-refractivity contribution is 0.495. The highest BCUT2D eigenvalue weighted by atomic mass is 32.2. The van der Waals surface area contributed by atoms with Crippen LogP contribution in [0.15, 0.2) is 40.1 Å². The molecule has 2 aromatic carbocycles. The maximum absolute atomic E-state index is 13.5. The number of fused-ring (bicyclic) bond motifs is 1. The third-order valence-electron chi connectivity index (χ3n) is 5.59. The fourth-order valence-electron chi connectivity index (χ4n) is 4.12. The average molecular weight is 488 g/mol. The first-order valence-electron chi connectivity index (χ1n) is 10.1. The topological polar surface area (TPSA) is 204 Å². The van der Waals surface area contributed by atoms with E-state index in [0.29, 0.717) is 48.1 Å². The van der Waals surface area contributed by atoms with Gasteiger partial charge in [-0.3, -0.25) is 0 Å². The van der Waals surface area contributed by atoms with Crippen LogP contribution < -0.4 is 16.2 Å². The molecule has 1 aliphatic heterocycles. The molecule has 0 aliphatic carbocycles. The minimum absolute atomic E-state index is 0.0300. The molecule has 0 spiro atoms. The van der Waals surface area contributed by atoms with Crippen molar-refractivity contribution >= 4 is 38.2 Å². The summed E-state index contributed by atoms with van der Waals surface area (Å²) in [5.74, 6) is 0.292. The van der Waals surface area contributed by atoms with Crippen molar-refractivity contribution in [2.45, 2.75) is 27.9 Å². The molecule has 1 fully saturated rings. The number of anilines is 1. The molecule has 4 aromatic rings. The Hall–Kier alpha value is -3.04. The van der Waals surface area contributed by atoms with Gasteiger partial charge >= 0.3 is 0 Å². The van der Waals surface area contributed by atoms with Gasteiger partial charge in [-0.05, 0) is 64.9 Å². The second-order valence-corrected chi connectivity index (χ2v) is 10.9. The monoisotopic (exact) mass is 487 g/mol. The zero-order valence-electron chi connectivity index (χ0n) is 17.3. The van der Waals surface area contributed by atoms with Crippen LogP contribution in [0.5, 0.6) is 0 Å². The zero-order valence-corrected chi connectivity index (χ0v) is 18.9. The fourth-order valence-corrected chi connectivity index (χ4v) is 7.06. The van der Waals surface area contributed by atoms with E-state index in [4.69, 9.17) is 10.9 Å². The van der Waals surface area contributed by atoms with E-state index in [2.05, 4.69) is 35.9 Å². The number of nitrogens with zero attached hydrogens (tertiary/aromatic N) is 4. The molecule has 33 heavy (non-hydrogen) atoms. The van der Waals surface area contributed by atoms with E-state index in [1.54, 1.807) is 30.3 Å². The Morgan fingerprint density at radius 3 is 2.64 bits per heavy atom. The van der Waals surface area contributed by atoms with Crippen LogP contribution in [0, 0.1) is 0 Å². The first kappa shape index (κ1) is 21.8. The summed E-state index contributed by atoms with van der Waals surface area (Å²) < 4.78 is 39.2. The van der Waals surface area contributed by atoms with E-state index in [0.717, 1.165) is 0 Å². The predicted octanol–water partition coefficient (Wildman–Crippen LogP) is 0.499. The smallest absolute Gasteiger partial charge is 0.243 e. The van der Waals surface area contributed by atoms with Crippen molar-refractivity contribution < 1.29 is 13.0 Å². The van der Waals surface area contributed by atoms with Gasteiger partial charge in [-0.1, -0.05) is 6.07 Å². The Kier molecular flexibility index (Phi) is 5.54. The molecule has 0 bridgehead atoms. The van der Waals surface area contributed by atoms with Crippen molar-refractivity contribution in [3.05, 3.63) is 30.3 Å². The number of hydrogen-bond acceptors (Lipinski definition) is 9. The molecule has 172 valence electrons. The molecule has 1 atom stereocenters. The highest BCUT2D eigenvalue weighted by Gasteiger charge is 2.36. The summed E-state index contributed by atoms with van der Waals surface area (Å²) in [6.07, 6.45) is 1.32. The lowest BCUT2D eigenvalue weighted by Crippen LogP contribution is -2.36. The maximum Gasteiger partial charge on any atom is 0.243 e. The molecule has 1 unspecified atom stereocenters. The van der Waals surface area contributed by atoms with Crippen LogP contribution in [-0.4, -0.2) is 61.9 Å². The molecular weight excluding hydrogens is 466 g/mol. The van der Waals surface area contributed by atoms with Crippen molar-refractivity contribution in [2.24, 2.45) is 5.14 Å². The van der Waals surface area contributed by atoms with E-state index in [1.807, 2.05) is 0 Å². The standard InChI is InChI=1S/C19H21N9O3S2/c20-19-23-13-3-1-10(9-14(13)24-19)12-2-4-15(32(29)11-5-7-22-8-6-11)17(33(21,30)31)16(12)18-25-27-28-26-18/h1-4,9,11,22H,5-8H2,(H3,20,23,24)(H2,21,30,31)(H,25,26,27,28). The number of imidazole rings is 1. The van der Waals surface area contributed by atoms with Crippen LogP contribution in [0.3, 0.4) is 0 Å². The SMILES string of the molecule is Nc1nc2ccc(-c3ccc([S+]([O-])C4CCNCC4)c(S(N)(=O)=O)c3-c3nn[nH]n3)cc2[nH]1. The Morgan fingerprint density at radius 2 is 1.94 bits per heavy atom. The first-order chi connectivity index (χ1) is 15.8. The Bertz CT molecular complexity index is 1410. The van der Waals surface area contributed by atoms with Gasteiger partial charge < -0.3 is 20.6 Å². The van der Waals surface area contributed by atoms with Crippen LogP contribution >= 0.6 is 0 Å². The van der Waals surface area contributed by atoms with Gasteiger partial charge in [0.1, 0.15) is 10.1 Å². The van der Waals surface area contributed by atoms with Crippen LogP contribution in [0.1, 0.15) is 12.8 Å². The van der Waals surface area contributed by atoms with Gasteiger partial charge in [0.2, 0.25) is 15.8 Å². The molecular formula is C19H21N9O3S2. The van der Waals surface area contributed by atoms with Gasteiger partial charge in [-0.2, -0.15) is 5.21 Å². The van der Waals surface area contributed by atoms with Gasteiger partial charge in [-0.15, -0.1) is 10.2 Å². The number of tetrazole rings is 1. The maximum atomic E-state index is 13.5. The van der Waals surface area contributed by atoms with Crippen LogP contribution in [0.4, 0.5) is 5.95 Å². The number of rotatable bonds is 5. The van der Waals surface area contributed by atoms with Gasteiger partial charge in [0.15, 0.2) is 10.8 Å². The number of aromatic amines is 2. The summed E-state index contributed by atoms with van der Waals surface area (Å²) in [7, 11) is -4.31. The van der Waals surface area contributed by atoms with Crippen molar-refractivity contribution in [1.82, 2.24) is 35.9 Å². The van der Waals surface area contributed by atoms with Crippen LogP contribution in [0.25, 0.3) is 33.5 Å². The number of benzene rings is 2. The molecule has 0 saturated carbocycles. The number of piperidine rings is 1. The van der Waals surface area contributed by atoms with Crippen LogP contribution in [-0.2, 0) is 21.2 Å². The highest BCUT2D eigenvalue weighted by Crippen LogP contribution is 2.40. The van der Waals surface area contributed by atoms with E-state index < -0.39 is 21.2 Å². The molecule has 12 nitrogen and oxygen atoms in total. The summed E-state index contributed by atoms with van der Waals surface area (Å²) in [6.45, 7) is 1.43. The second kappa shape index (κ2) is 8.39. The number of nitrogen functional groups attached to an aromatic ring is 1. The first-order valence-corrected chi connectivity index (χ1v) is 12.9. The Balaban J connectivity index is 1.76. The summed E-state index contributed by atoms with van der Waals surface area (Å²) in [5.41, 5.74) is 8.36. The van der Waals surface area contributed by atoms with E-state index >= 15 is 0 Å². The molecule has 14 heteroatoms. The fraction of sp³-hybridized carbons (Fsp3) is 0.263. The number of nitrogens with two attached hydrogens (primary N) is 2. The number of H-pyrrole nitrogens is 2. The summed E-state index contributed by atoms with van der Waals surface area (Å²) >= 11 is -1.60. The third kappa shape index (κ3) is 4.06. The molecule has 5 rings (SSSR count). The van der Waals surface area contributed by atoms with E-state index in [9.17, 15) is 13.0 Å². The molecule has 1 saturated heterocycles. The summed E-state index contributed by atoms with van der Waals surface area (Å²) in [6, 6.07) is 8.58. The Morgan fingerprint density at radius 1 is 1.15 bits per heavy atom. The lowest BCUT2D eigenvalue weighted by atomic mass is 9.98. The second-order valence-electron chi connectivity index (χ2n) is 7.70. The van der Waals surface area contributed by atoms with Crippen LogP contribution in [0.2, 0.25) is 0 Å². The number of aromatic nitrogens is 6. The third-order valence-corrected chi connectivity index (χ3v) is 8.56. The summed E-state index contributed by atoms with van der Waals surface area (Å²) in [4.78, 5) is 7.02. The van der Waals surface area contributed by atoms with Gasteiger partial charge in [0, 0.05) is 12.8 Å². The van der Waals surface area contributed by atoms with Crippen molar-refractivity contribution in [3.8, 4) is 22.5 Å². The van der Waals surface area contributed by atoms with Gasteiger partial charge in [-0.25, -0.2) is 18.5 Å². The quantitative estimate of drug-likeness (QED) is 0.248. The minimum atomic E-state index is -4.31. The van der Waals surface area contributed by atoms with Crippen molar-refractivity contribution in [1.29, 1.82) is 0 Å². The molecule has 7 N–H and O–H groups in total. The summed E-state index contributed by atoms with van der Waals surface area (Å²) in [5, 5.41) is 22.7. The number of primary sulfonamides is 1. The highest BCUT2D eigenvalue weighted by molar-refractivity contribution is 7.94.